The fourth-order valence-electron chi connectivity index (χ4n) is 4.09. The van der Waals surface area contributed by atoms with Crippen molar-refractivity contribution in [3.8, 4) is 0 Å². The van der Waals surface area contributed by atoms with Gasteiger partial charge in [-0.2, -0.15) is 0 Å². The molecular weight excluding hydrogens is 456 g/mol. The van der Waals surface area contributed by atoms with E-state index in [9.17, 15) is 14.4 Å². The SMILES string of the molecule is CC[C@@H]([C@H](CC(C)C)C(=O)N[C@H](C(=O)Nc1nccs1)C(C)(C)C)N(C=O)OC1CCCCO1. The van der Waals surface area contributed by atoms with Crippen molar-refractivity contribution in [1.29, 1.82) is 0 Å². The molecule has 10 heteroatoms. The Morgan fingerprint density at radius 3 is 2.56 bits per heavy atom. The Bertz CT molecular complexity index is 775. The molecule has 1 aromatic rings. The van der Waals surface area contributed by atoms with Gasteiger partial charge in [-0.3, -0.25) is 14.4 Å². The molecule has 0 saturated carbocycles. The number of ether oxygens (including phenoxy) is 1. The Morgan fingerprint density at radius 1 is 1.32 bits per heavy atom. The normalized spacial score (nSPS) is 19.2. The number of rotatable bonds is 12. The van der Waals surface area contributed by atoms with E-state index >= 15 is 0 Å². The molecule has 9 nitrogen and oxygen atoms in total. The van der Waals surface area contributed by atoms with E-state index < -0.39 is 29.7 Å². The van der Waals surface area contributed by atoms with E-state index in [-0.39, 0.29) is 17.7 Å². The summed E-state index contributed by atoms with van der Waals surface area (Å²) in [6, 6.07) is -1.28. The molecule has 1 aliphatic heterocycles. The van der Waals surface area contributed by atoms with Crippen LogP contribution in [0, 0.1) is 17.3 Å². The lowest BCUT2D eigenvalue weighted by molar-refractivity contribution is -0.289. The van der Waals surface area contributed by atoms with Crippen LogP contribution in [0.15, 0.2) is 11.6 Å². The third-order valence-electron chi connectivity index (χ3n) is 5.83. The number of anilines is 1. The minimum Gasteiger partial charge on any atom is -0.350 e. The van der Waals surface area contributed by atoms with E-state index in [1.807, 2.05) is 41.5 Å². The number of hydroxylamine groups is 2. The molecule has 1 aromatic heterocycles. The lowest BCUT2D eigenvalue weighted by Gasteiger charge is -2.37. The summed E-state index contributed by atoms with van der Waals surface area (Å²) in [6.45, 7) is 12.3. The molecule has 0 spiro atoms. The smallest absolute Gasteiger partial charge is 0.249 e. The van der Waals surface area contributed by atoms with Crippen molar-refractivity contribution in [3.05, 3.63) is 11.6 Å². The maximum Gasteiger partial charge on any atom is 0.249 e. The molecule has 34 heavy (non-hydrogen) atoms. The van der Waals surface area contributed by atoms with E-state index in [2.05, 4.69) is 15.6 Å². The van der Waals surface area contributed by atoms with Crippen LogP contribution in [-0.4, -0.2) is 53.3 Å². The second-order valence-corrected chi connectivity index (χ2v) is 11.1. The fourth-order valence-corrected chi connectivity index (χ4v) is 4.62. The Kier molecular flexibility index (Phi) is 10.9. The van der Waals surface area contributed by atoms with Gasteiger partial charge in [-0.15, -0.1) is 11.3 Å². The summed E-state index contributed by atoms with van der Waals surface area (Å²) in [5.74, 6) is -0.973. The average molecular weight is 497 g/mol. The first-order valence-corrected chi connectivity index (χ1v) is 13.0. The van der Waals surface area contributed by atoms with Gasteiger partial charge in [0.05, 0.1) is 12.0 Å². The highest BCUT2D eigenvalue weighted by atomic mass is 32.1. The van der Waals surface area contributed by atoms with Crippen molar-refractivity contribution in [1.82, 2.24) is 15.4 Å². The van der Waals surface area contributed by atoms with Gasteiger partial charge in [-0.25, -0.2) is 14.9 Å². The number of aromatic nitrogens is 1. The molecule has 0 aromatic carbocycles. The average Bonchev–Trinajstić information content (AvgIpc) is 3.28. The molecular formula is C24H40N4O5S. The highest BCUT2D eigenvalue weighted by Crippen LogP contribution is 2.27. The molecule has 1 fully saturated rings. The van der Waals surface area contributed by atoms with E-state index in [1.54, 1.807) is 11.6 Å². The molecule has 3 amide bonds. The fraction of sp³-hybridized carbons (Fsp3) is 0.750. The summed E-state index contributed by atoms with van der Waals surface area (Å²) in [4.78, 5) is 48.7. The van der Waals surface area contributed by atoms with Crippen LogP contribution in [0.25, 0.3) is 0 Å². The quantitative estimate of drug-likeness (QED) is 0.335. The first kappa shape index (κ1) is 28.2. The van der Waals surface area contributed by atoms with Gasteiger partial charge in [-0.05, 0) is 37.0 Å². The molecule has 2 heterocycles. The van der Waals surface area contributed by atoms with E-state index in [4.69, 9.17) is 9.57 Å². The first-order valence-electron chi connectivity index (χ1n) is 12.1. The minimum atomic E-state index is -0.789. The molecule has 192 valence electrons. The number of hydrogen-bond acceptors (Lipinski definition) is 7. The Labute approximate surface area is 206 Å². The van der Waals surface area contributed by atoms with Gasteiger partial charge in [0.15, 0.2) is 11.4 Å². The maximum atomic E-state index is 13.6. The van der Waals surface area contributed by atoms with E-state index in [1.165, 1.54) is 16.4 Å². The summed E-state index contributed by atoms with van der Waals surface area (Å²) in [5, 5.41) is 9.25. The standard InChI is InChI=1S/C24H40N4O5S/c1-7-18(28(15-29)33-19-10-8-9-12-32-19)17(14-16(2)3)21(30)26-20(24(4,5)6)22(31)27-23-25-11-13-34-23/h11,13,15-20H,7-10,12,14H2,1-6H3,(H,26,30)(H,25,27,31)/t17-,18-,19?,20+/m0/s1. The van der Waals surface area contributed by atoms with Crippen LogP contribution in [0.3, 0.4) is 0 Å². The van der Waals surface area contributed by atoms with E-state index in [0.29, 0.717) is 37.4 Å². The van der Waals surface area contributed by atoms with Crippen LogP contribution in [0.1, 0.15) is 73.6 Å². The van der Waals surface area contributed by atoms with Crippen molar-refractivity contribution in [2.75, 3.05) is 11.9 Å². The summed E-state index contributed by atoms with van der Waals surface area (Å²) < 4.78 is 5.64. The van der Waals surface area contributed by atoms with Crippen LogP contribution in [0.5, 0.6) is 0 Å². The maximum absolute atomic E-state index is 13.6. The summed E-state index contributed by atoms with van der Waals surface area (Å²) >= 11 is 1.32. The first-order chi connectivity index (χ1) is 16.1. The molecule has 0 radical (unpaired) electrons. The zero-order chi connectivity index (χ0) is 25.3. The largest absolute Gasteiger partial charge is 0.350 e. The van der Waals surface area contributed by atoms with Gasteiger partial charge < -0.3 is 15.4 Å². The summed E-state index contributed by atoms with van der Waals surface area (Å²) in [5.41, 5.74) is -0.544. The predicted octanol–water partition coefficient (Wildman–Crippen LogP) is 3.97. The van der Waals surface area contributed by atoms with Gasteiger partial charge in [-0.1, -0.05) is 41.5 Å². The number of nitrogens with one attached hydrogen (secondary N) is 2. The monoisotopic (exact) mass is 496 g/mol. The van der Waals surface area contributed by atoms with Crippen molar-refractivity contribution >= 4 is 34.7 Å². The third-order valence-corrected chi connectivity index (χ3v) is 6.52. The molecule has 4 atom stereocenters. The van der Waals surface area contributed by atoms with Crippen LogP contribution in [0.2, 0.25) is 0 Å². The van der Waals surface area contributed by atoms with Gasteiger partial charge in [0.2, 0.25) is 18.2 Å². The highest BCUT2D eigenvalue weighted by Gasteiger charge is 2.39. The summed E-state index contributed by atoms with van der Waals surface area (Å²) in [7, 11) is 0. The second kappa shape index (κ2) is 13.2. The Morgan fingerprint density at radius 2 is 2.06 bits per heavy atom. The van der Waals surface area contributed by atoms with Crippen LogP contribution in [-0.2, 0) is 24.0 Å². The topological polar surface area (TPSA) is 110 Å². The summed E-state index contributed by atoms with van der Waals surface area (Å²) in [6.07, 6.45) is 5.42. The minimum absolute atomic E-state index is 0.196. The van der Waals surface area contributed by atoms with Crippen LogP contribution in [0.4, 0.5) is 5.13 Å². The Hall–Kier alpha value is -2.04. The molecule has 0 aliphatic carbocycles. The molecule has 2 rings (SSSR count). The number of hydrogen-bond donors (Lipinski definition) is 2. The molecule has 1 aliphatic rings. The second-order valence-electron chi connectivity index (χ2n) is 10.2. The van der Waals surface area contributed by atoms with Crippen molar-refractivity contribution in [2.45, 2.75) is 92.0 Å². The van der Waals surface area contributed by atoms with Gasteiger partial charge in [0, 0.05) is 24.6 Å². The zero-order valence-electron chi connectivity index (χ0n) is 21.2. The van der Waals surface area contributed by atoms with Crippen LogP contribution >= 0.6 is 11.3 Å². The molecule has 0 bridgehead atoms. The molecule has 2 N–H and O–H groups in total. The van der Waals surface area contributed by atoms with E-state index in [0.717, 1.165) is 12.8 Å². The zero-order valence-corrected chi connectivity index (χ0v) is 22.0. The lowest BCUT2D eigenvalue weighted by Crippen LogP contribution is -2.56. The van der Waals surface area contributed by atoms with Crippen molar-refractivity contribution in [3.63, 3.8) is 0 Å². The number of carbonyl (C=O) groups excluding carboxylic acids is 3. The molecule has 1 unspecified atom stereocenters. The van der Waals surface area contributed by atoms with Gasteiger partial charge in [0.1, 0.15) is 6.04 Å². The van der Waals surface area contributed by atoms with Crippen molar-refractivity contribution in [2.24, 2.45) is 17.3 Å². The predicted molar refractivity (Wildman–Crippen MR) is 132 cm³/mol. The highest BCUT2D eigenvalue weighted by molar-refractivity contribution is 7.13. The van der Waals surface area contributed by atoms with Gasteiger partial charge in [0.25, 0.3) is 0 Å². The van der Waals surface area contributed by atoms with Crippen LogP contribution < -0.4 is 10.6 Å². The number of nitrogens with zero attached hydrogens (tertiary/aromatic N) is 2. The number of thiazole rings is 1. The number of amides is 3. The van der Waals surface area contributed by atoms with Crippen molar-refractivity contribution < 1.29 is 24.0 Å². The third kappa shape index (κ3) is 8.32. The van der Waals surface area contributed by atoms with Gasteiger partial charge >= 0.3 is 0 Å². The molecule has 1 saturated heterocycles. The number of carbonyl (C=O) groups is 3. The lowest BCUT2D eigenvalue weighted by atomic mass is 9.83. The Balaban J connectivity index is 2.22.